The van der Waals surface area contributed by atoms with E-state index in [-0.39, 0.29) is 22.5 Å². The van der Waals surface area contributed by atoms with Gasteiger partial charge in [-0.3, -0.25) is 13.9 Å². The molecular weight excluding hydrogens is 459 g/mol. The van der Waals surface area contributed by atoms with Gasteiger partial charge in [-0.05, 0) is 12.1 Å². The molecular formula is C18H21N6O8P. The molecule has 0 aliphatic carbocycles. The van der Waals surface area contributed by atoms with Gasteiger partial charge >= 0.3 is 7.82 Å². The first-order chi connectivity index (χ1) is 15.6. The van der Waals surface area contributed by atoms with Crippen molar-refractivity contribution in [3.63, 3.8) is 0 Å². The fourth-order valence-electron chi connectivity index (χ4n) is 3.75. The predicted octanol–water partition coefficient (Wildman–Crippen LogP) is -0.568. The number of nitrogens with zero attached hydrogens (tertiary/aromatic N) is 4. The lowest BCUT2D eigenvalue weighted by Gasteiger charge is -2.30. The second-order valence-electron chi connectivity index (χ2n) is 7.28. The Morgan fingerprint density at radius 3 is 2.76 bits per heavy atom. The minimum absolute atomic E-state index is 0.0223. The van der Waals surface area contributed by atoms with Crippen molar-refractivity contribution in [2.45, 2.75) is 24.0 Å². The monoisotopic (exact) mass is 480 g/mol. The van der Waals surface area contributed by atoms with Gasteiger partial charge in [0, 0.05) is 18.3 Å². The summed E-state index contributed by atoms with van der Waals surface area (Å²) in [6, 6.07) is 6.22. The zero-order chi connectivity index (χ0) is 24.0. The molecule has 4 rings (SSSR count). The summed E-state index contributed by atoms with van der Waals surface area (Å²) in [5, 5.41) is 25.4. The molecule has 0 amide bonds. The molecule has 3 aromatic rings. The van der Waals surface area contributed by atoms with Crippen molar-refractivity contribution in [3.8, 4) is 0 Å². The molecule has 1 aliphatic rings. The van der Waals surface area contributed by atoms with Crippen LogP contribution in [0.1, 0.15) is 16.6 Å². The fraction of sp³-hybridized carbons (Fsp3) is 0.333. The van der Waals surface area contributed by atoms with Crippen LogP contribution in [0.25, 0.3) is 11.2 Å². The van der Waals surface area contributed by atoms with Gasteiger partial charge in [-0.25, -0.2) is 19.5 Å². The molecule has 15 heteroatoms. The van der Waals surface area contributed by atoms with Gasteiger partial charge in [-0.15, -0.1) is 0 Å². The smallest absolute Gasteiger partial charge is 0.388 e. The van der Waals surface area contributed by atoms with Gasteiger partial charge in [0.2, 0.25) is 5.78 Å². The molecule has 3 heterocycles. The summed E-state index contributed by atoms with van der Waals surface area (Å²) >= 11 is 0. The minimum Gasteiger partial charge on any atom is -0.388 e. The number of benzene rings is 1. The molecule has 1 aromatic carbocycles. The number of phosphoric acid groups is 1. The third-order valence-corrected chi connectivity index (χ3v) is 5.86. The van der Waals surface area contributed by atoms with E-state index in [9.17, 15) is 19.6 Å². The molecule has 2 aromatic heterocycles. The van der Waals surface area contributed by atoms with Crippen LogP contribution in [0.5, 0.6) is 0 Å². The van der Waals surface area contributed by atoms with Gasteiger partial charge in [0.25, 0.3) is 0 Å². The summed E-state index contributed by atoms with van der Waals surface area (Å²) in [4.78, 5) is 43.7. The van der Waals surface area contributed by atoms with E-state index < -0.39 is 44.2 Å². The van der Waals surface area contributed by atoms with E-state index >= 15 is 0 Å². The van der Waals surface area contributed by atoms with Crippen molar-refractivity contribution in [2.75, 3.05) is 24.7 Å². The number of Topliss-reactive ketones (excluding diaryl/α,β-unsaturated/α-hetero) is 1. The van der Waals surface area contributed by atoms with Crippen molar-refractivity contribution in [1.82, 2.24) is 19.5 Å². The number of aromatic nitrogens is 4. The molecule has 0 radical (unpaired) electrons. The van der Waals surface area contributed by atoms with Gasteiger partial charge in [0.15, 0.2) is 23.3 Å². The number of fused-ring (bicyclic) bond motifs is 1. The maximum atomic E-state index is 13.5. The molecule has 14 nitrogen and oxygen atoms in total. The summed E-state index contributed by atoms with van der Waals surface area (Å²) < 4.78 is 22.7. The average molecular weight is 480 g/mol. The highest BCUT2D eigenvalue weighted by atomic mass is 31.2. The van der Waals surface area contributed by atoms with Crippen LogP contribution in [0.3, 0.4) is 0 Å². The number of imidazole rings is 1. The van der Waals surface area contributed by atoms with E-state index in [1.165, 1.54) is 17.0 Å². The van der Waals surface area contributed by atoms with Crippen molar-refractivity contribution < 1.29 is 38.6 Å². The molecule has 4 atom stereocenters. The molecule has 7 N–H and O–H groups in total. The lowest BCUT2D eigenvalue weighted by molar-refractivity contribution is -0.0686. The van der Waals surface area contributed by atoms with E-state index in [0.717, 1.165) is 6.33 Å². The van der Waals surface area contributed by atoms with E-state index in [1.54, 1.807) is 25.2 Å². The number of aliphatic hydroxyl groups is 2. The van der Waals surface area contributed by atoms with Gasteiger partial charge in [-0.2, -0.15) is 0 Å². The van der Waals surface area contributed by atoms with E-state index in [4.69, 9.17) is 20.3 Å². The van der Waals surface area contributed by atoms with Crippen LogP contribution in [-0.4, -0.2) is 76.8 Å². The van der Waals surface area contributed by atoms with E-state index in [0.29, 0.717) is 5.69 Å². The first-order valence-corrected chi connectivity index (χ1v) is 11.1. The molecule has 1 saturated heterocycles. The minimum atomic E-state index is -4.99. The first kappa shape index (κ1) is 23.2. The highest BCUT2D eigenvalue weighted by molar-refractivity contribution is 7.46. The molecule has 0 saturated carbocycles. The highest BCUT2D eigenvalue weighted by Crippen LogP contribution is 2.44. The molecule has 0 unspecified atom stereocenters. The van der Waals surface area contributed by atoms with Crippen LogP contribution < -0.4 is 11.1 Å². The Kier molecular flexibility index (Phi) is 5.92. The third-order valence-electron chi connectivity index (χ3n) is 5.38. The Hall–Kier alpha value is -2.97. The predicted molar refractivity (Wildman–Crippen MR) is 113 cm³/mol. The number of ketones is 1. The molecule has 0 bridgehead atoms. The number of carbonyl (C=O) groups excluding carboxylic acids is 1. The lowest BCUT2D eigenvalue weighted by Crippen LogP contribution is -2.55. The summed E-state index contributed by atoms with van der Waals surface area (Å²) in [6.07, 6.45) is -2.62. The number of rotatable bonds is 7. The Labute approximate surface area is 186 Å². The normalized spacial score (nSPS) is 25.4. The number of nitrogens with one attached hydrogen (secondary N) is 1. The van der Waals surface area contributed by atoms with Gasteiger partial charge in [0.1, 0.15) is 24.1 Å². The molecule has 1 fully saturated rings. The second kappa shape index (κ2) is 8.43. The summed E-state index contributed by atoms with van der Waals surface area (Å²) in [6.45, 7) is -0.897. The number of nitrogens with two attached hydrogens (primary N) is 1. The second-order valence-corrected chi connectivity index (χ2v) is 8.52. The maximum Gasteiger partial charge on any atom is 0.469 e. The van der Waals surface area contributed by atoms with E-state index in [2.05, 4.69) is 24.8 Å². The number of carbonyl (C=O) groups is 1. The van der Waals surface area contributed by atoms with Crippen molar-refractivity contribution in [3.05, 3.63) is 42.5 Å². The molecule has 0 spiro atoms. The average Bonchev–Trinajstić information content (AvgIpc) is 3.32. The van der Waals surface area contributed by atoms with Crippen molar-refractivity contribution in [2.24, 2.45) is 0 Å². The fourth-order valence-corrected chi connectivity index (χ4v) is 4.08. The summed E-state index contributed by atoms with van der Waals surface area (Å²) in [7, 11) is -3.42. The van der Waals surface area contributed by atoms with Crippen LogP contribution in [0.2, 0.25) is 0 Å². The third kappa shape index (κ3) is 3.98. The number of hydrogen-bond acceptors (Lipinski definition) is 11. The quantitative estimate of drug-likeness (QED) is 0.185. The maximum absolute atomic E-state index is 13.5. The number of ether oxygens (including phenoxy) is 1. The number of aliphatic hydroxyl groups excluding tert-OH is 1. The zero-order valence-corrected chi connectivity index (χ0v) is 18.0. The zero-order valence-electron chi connectivity index (χ0n) is 17.1. The molecule has 1 aliphatic heterocycles. The van der Waals surface area contributed by atoms with Crippen LogP contribution >= 0.6 is 7.82 Å². The van der Waals surface area contributed by atoms with Gasteiger partial charge in [0.05, 0.1) is 12.9 Å². The number of anilines is 2. The van der Waals surface area contributed by atoms with Gasteiger partial charge in [-0.1, -0.05) is 12.1 Å². The Morgan fingerprint density at radius 2 is 2.06 bits per heavy atom. The topological polar surface area (TPSA) is 215 Å². The molecule has 33 heavy (non-hydrogen) atoms. The SMILES string of the molecule is CNc1ccccc1C(=O)[C@@]1(O)[C@@H](COP(=O)(O)O)O[C@@H](n2cnc3c(N)ncnc32)[C@@H]1O. The number of hydrogen-bond donors (Lipinski definition) is 6. The summed E-state index contributed by atoms with van der Waals surface area (Å²) in [5.41, 5.74) is 3.86. The lowest BCUT2D eigenvalue weighted by atomic mass is 9.83. The summed E-state index contributed by atoms with van der Waals surface area (Å²) in [5.74, 6) is -0.887. The molecule has 176 valence electrons. The Morgan fingerprint density at radius 1 is 1.33 bits per heavy atom. The van der Waals surface area contributed by atoms with Crippen molar-refractivity contribution in [1.29, 1.82) is 0 Å². The number of para-hydroxylation sites is 1. The Bertz CT molecular complexity index is 1250. The first-order valence-electron chi connectivity index (χ1n) is 9.58. The van der Waals surface area contributed by atoms with Crippen LogP contribution in [0.15, 0.2) is 36.9 Å². The standard InChI is InChI=1S/C18H21N6O8P/c1-20-10-5-3-2-4-9(10)13(25)18(27)11(6-31-33(28,29)30)32-17(14(18)26)24-8-23-12-15(19)21-7-22-16(12)24/h2-5,7-8,11,14,17,20,26-27H,6H2,1H3,(H2,19,21,22)(H2,28,29,30)/t11-,14+,17-,18+/m1/s1. The van der Waals surface area contributed by atoms with Crippen LogP contribution in [0.4, 0.5) is 11.5 Å². The van der Waals surface area contributed by atoms with Crippen LogP contribution in [0, 0.1) is 0 Å². The largest absolute Gasteiger partial charge is 0.469 e. The number of nitrogen functional groups attached to an aromatic ring is 1. The highest BCUT2D eigenvalue weighted by Gasteiger charge is 2.61. The van der Waals surface area contributed by atoms with Crippen LogP contribution in [-0.2, 0) is 13.8 Å². The Balaban J connectivity index is 1.79. The number of phosphoric ester groups is 1. The van der Waals surface area contributed by atoms with Gasteiger partial charge < -0.3 is 35.8 Å². The van der Waals surface area contributed by atoms with E-state index in [1.807, 2.05) is 0 Å². The van der Waals surface area contributed by atoms with Crippen molar-refractivity contribution >= 4 is 36.3 Å².